The number of aromatic amines is 1. The molecule has 2 saturated heterocycles. The van der Waals surface area contributed by atoms with E-state index < -0.39 is 0 Å². The van der Waals surface area contributed by atoms with Crippen molar-refractivity contribution in [1.82, 2.24) is 25.2 Å². The number of hydrogen-bond acceptors (Lipinski definition) is 8. The summed E-state index contributed by atoms with van der Waals surface area (Å²) in [5, 5.41) is 12.9. The maximum atomic E-state index is 12.9. The molecule has 2 fully saturated rings. The number of ether oxygens (including phenoxy) is 3. The molecule has 198 valence electrons. The van der Waals surface area contributed by atoms with Crippen molar-refractivity contribution in [2.24, 2.45) is 0 Å². The molecule has 4 aromatic rings. The molecule has 0 atom stereocenters. The maximum absolute atomic E-state index is 12.9. The SMILES string of the molecule is COCCOc1cc2[nH]nc(-c3cc(-c4ccc(C(=O)N5CC(N6CCOCC6)C5)cc4)no3)c2cc1Cl. The minimum absolute atomic E-state index is 0.0485. The van der Waals surface area contributed by atoms with Gasteiger partial charge in [-0.05, 0) is 18.2 Å². The van der Waals surface area contributed by atoms with Crippen molar-refractivity contribution in [2.45, 2.75) is 6.04 Å². The van der Waals surface area contributed by atoms with Crippen LogP contribution in [0.5, 0.6) is 5.75 Å². The van der Waals surface area contributed by atoms with Gasteiger partial charge in [-0.2, -0.15) is 5.10 Å². The number of likely N-dealkylation sites (tertiary alicyclic amines) is 1. The van der Waals surface area contributed by atoms with Crippen LogP contribution in [0.3, 0.4) is 0 Å². The number of carbonyl (C=O) groups excluding carboxylic acids is 1. The van der Waals surface area contributed by atoms with Gasteiger partial charge in [0.25, 0.3) is 5.91 Å². The molecular weight excluding hydrogens is 510 g/mol. The molecule has 2 aromatic carbocycles. The van der Waals surface area contributed by atoms with Crippen molar-refractivity contribution >= 4 is 28.4 Å². The van der Waals surface area contributed by atoms with Crippen LogP contribution < -0.4 is 4.74 Å². The number of morpholine rings is 1. The lowest BCUT2D eigenvalue weighted by molar-refractivity contribution is -0.0256. The number of amides is 1. The van der Waals surface area contributed by atoms with E-state index in [0.29, 0.717) is 52.7 Å². The Hall–Kier alpha value is -3.44. The fraction of sp³-hybridized carbons (Fsp3) is 0.370. The minimum atomic E-state index is 0.0485. The van der Waals surface area contributed by atoms with Gasteiger partial charge >= 0.3 is 0 Å². The summed E-state index contributed by atoms with van der Waals surface area (Å²) in [7, 11) is 1.62. The molecule has 1 amide bonds. The molecule has 11 heteroatoms. The number of fused-ring (bicyclic) bond motifs is 1. The topological polar surface area (TPSA) is 106 Å². The summed E-state index contributed by atoms with van der Waals surface area (Å²) in [6.45, 7) is 5.79. The van der Waals surface area contributed by atoms with Gasteiger partial charge in [0.15, 0.2) is 5.76 Å². The first-order valence-corrected chi connectivity index (χ1v) is 13.0. The molecule has 2 aliphatic rings. The Balaban J connectivity index is 1.13. The number of benzene rings is 2. The minimum Gasteiger partial charge on any atom is -0.490 e. The average Bonchev–Trinajstić information content (AvgIpc) is 3.56. The molecule has 6 rings (SSSR count). The van der Waals surface area contributed by atoms with Gasteiger partial charge in [-0.1, -0.05) is 28.9 Å². The Morgan fingerprint density at radius 3 is 2.68 bits per heavy atom. The predicted octanol–water partition coefficient (Wildman–Crippen LogP) is 3.72. The first-order chi connectivity index (χ1) is 18.6. The third-order valence-corrected chi connectivity index (χ3v) is 7.34. The molecule has 0 radical (unpaired) electrons. The van der Waals surface area contributed by atoms with Crippen LogP contribution in [0.1, 0.15) is 10.4 Å². The zero-order chi connectivity index (χ0) is 26.1. The van der Waals surface area contributed by atoms with Gasteiger partial charge in [0, 0.05) is 68.0 Å². The third-order valence-electron chi connectivity index (χ3n) is 7.04. The number of carbonyl (C=O) groups is 1. The summed E-state index contributed by atoms with van der Waals surface area (Å²) in [5.74, 6) is 1.10. The number of methoxy groups -OCH3 is 1. The zero-order valence-electron chi connectivity index (χ0n) is 21.0. The molecular formula is C27H28ClN5O5. The highest BCUT2D eigenvalue weighted by Gasteiger charge is 2.35. The van der Waals surface area contributed by atoms with Gasteiger partial charge < -0.3 is 23.6 Å². The number of nitrogens with one attached hydrogen (secondary N) is 1. The lowest BCUT2D eigenvalue weighted by Crippen LogP contribution is -2.62. The van der Waals surface area contributed by atoms with Gasteiger partial charge in [0.1, 0.15) is 23.7 Å². The second kappa shape index (κ2) is 10.7. The summed E-state index contributed by atoms with van der Waals surface area (Å²) < 4.78 is 21.7. The molecule has 0 unspecified atom stereocenters. The van der Waals surface area contributed by atoms with E-state index in [1.807, 2.05) is 35.2 Å². The molecule has 4 heterocycles. The summed E-state index contributed by atoms with van der Waals surface area (Å²) in [5.41, 5.74) is 3.52. The second-order valence-corrected chi connectivity index (χ2v) is 9.81. The van der Waals surface area contributed by atoms with Crippen LogP contribution in [0.2, 0.25) is 5.02 Å². The Morgan fingerprint density at radius 1 is 1.13 bits per heavy atom. The van der Waals surface area contributed by atoms with Crippen LogP contribution in [0.15, 0.2) is 47.0 Å². The fourth-order valence-corrected chi connectivity index (χ4v) is 5.05. The van der Waals surface area contributed by atoms with Crippen molar-refractivity contribution < 1.29 is 23.5 Å². The number of aromatic nitrogens is 3. The largest absolute Gasteiger partial charge is 0.490 e. The van der Waals surface area contributed by atoms with E-state index in [1.54, 1.807) is 19.2 Å². The van der Waals surface area contributed by atoms with Crippen LogP contribution in [0.4, 0.5) is 0 Å². The van der Waals surface area contributed by atoms with Crippen molar-refractivity contribution in [1.29, 1.82) is 0 Å². The zero-order valence-corrected chi connectivity index (χ0v) is 21.7. The number of rotatable bonds is 8. The van der Waals surface area contributed by atoms with Crippen LogP contribution in [-0.2, 0) is 9.47 Å². The fourth-order valence-electron chi connectivity index (χ4n) is 4.84. The lowest BCUT2D eigenvalue weighted by atomic mass is 10.0. The molecule has 2 aromatic heterocycles. The Kier molecular flexibility index (Phi) is 7.03. The molecule has 2 aliphatic heterocycles. The van der Waals surface area contributed by atoms with Gasteiger partial charge in [-0.15, -0.1) is 0 Å². The second-order valence-electron chi connectivity index (χ2n) is 9.41. The van der Waals surface area contributed by atoms with Crippen molar-refractivity contribution in [3.05, 3.63) is 53.1 Å². The smallest absolute Gasteiger partial charge is 0.253 e. The Bertz CT molecular complexity index is 1420. The van der Waals surface area contributed by atoms with E-state index in [-0.39, 0.29) is 5.91 Å². The van der Waals surface area contributed by atoms with Crippen molar-refractivity contribution in [3.63, 3.8) is 0 Å². The van der Waals surface area contributed by atoms with Gasteiger partial charge in [-0.3, -0.25) is 14.8 Å². The van der Waals surface area contributed by atoms with Crippen molar-refractivity contribution in [3.8, 4) is 28.5 Å². The molecule has 0 aliphatic carbocycles. The maximum Gasteiger partial charge on any atom is 0.253 e. The molecule has 0 bridgehead atoms. The first-order valence-electron chi connectivity index (χ1n) is 12.6. The standard InChI is InChI=1S/C27H28ClN5O5/c1-35-10-11-37-24-14-23-20(12-21(24)28)26(30-29-23)25-13-22(31-38-25)17-2-4-18(5-3-17)27(34)33-15-19(16-33)32-6-8-36-9-7-32/h2-5,12-14,19H,6-11,15-16H2,1H3,(H,29,30). The van der Waals surface area contributed by atoms with Gasteiger partial charge in [-0.25, -0.2) is 0 Å². The number of hydrogen-bond donors (Lipinski definition) is 1. The van der Waals surface area contributed by atoms with Gasteiger partial charge in [0.2, 0.25) is 0 Å². The average molecular weight is 538 g/mol. The number of nitrogens with zero attached hydrogens (tertiary/aromatic N) is 4. The number of halogens is 1. The van der Waals surface area contributed by atoms with E-state index >= 15 is 0 Å². The Morgan fingerprint density at radius 2 is 1.92 bits per heavy atom. The quantitative estimate of drug-likeness (QED) is 0.339. The highest BCUT2D eigenvalue weighted by molar-refractivity contribution is 6.33. The van der Waals surface area contributed by atoms with Crippen LogP contribution in [-0.4, -0.2) is 96.8 Å². The highest BCUT2D eigenvalue weighted by atomic mass is 35.5. The van der Waals surface area contributed by atoms with Crippen LogP contribution >= 0.6 is 11.6 Å². The summed E-state index contributed by atoms with van der Waals surface area (Å²) in [6.07, 6.45) is 0. The van der Waals surface area contributed by atoms with E-state index in [1.165, 1.54) is 0 Å². The third kappa shape index (κ3) is 4.88. The molecule has 0 saturated carbocycles. The van der Waals surface area contributed by atoms with E-state index in [0.717, 1.165) is 55.9 Å². The lowest BCUT2D eigenvalue weighted by Gasteiger charge is -2.46. The monoisotopic (exact) mass is 537 g/mol. The number of H-pyrrole nitrogens is 1. The van der Waals surface area contributed by atoms with E-state index in [9.17, 15) is 4.79 Å². The molecule has 38 heavy (non-hydrogen) atoms. The van der Waals surface area contributed by atoms with Crippen molar-refractivity contribution in [2.75, 3.05) is 59.7 Å². The highest BCUT2D eigenvalue weighted by Crippen LogP contribution is 2.35. The van der Waals surface area contributed by atoms with E-state index in [4.69, 9.17) is 30.3 Å². The summed E-state index contributed by atoms with van der Waals surface area (Å²) in [4.78, 5) is 17.2. The normalized spacial score (nSPS) is 16.6. The molecule has 0 spiro atoms. The first kappa shape index (κ1) is 24.9. The summed E-state index contributed by atoms with van der Waals surface area (Å²) >= 11 is 6.43. The van der Waals surface area contributed by atoms with Crippen LogP contribution in [0, 0.1) is 0 Å². The van der Waals surface area contributed by atoms with Crippen LogP contribution in [0.25, 0.3) is 33.6 Å². The van der Waals surface area contributed by atoms with Gasteiger partial charge in [0.05, 0.1) is 30.4 Å². The van der Waals surface area contributed by atoms with E-state index in [2.05, 4.69) is 20.3 Å². The molecule has 10 nitrogen and oxygen atoms in total. The predicted molar refractivity (Wildman–Crippen MR) is 141 cm³/mol. The molecule has 1 N–H and O–H groups in total. The Labute approximate surface area is 224 Å². The summed E-state index contributed by atoms with van der Waals surface area (Å²) in [6, 6.07) is 13.3.